The molecule has 0 bridgehead atoms. The van der Waals surface area contributed by atoms with Gasteiger partial charge in [-0.05, 0) is 38.0 Å². The van der Waals surface area contributed by atoms with Crippen LogP contribution in [0.2, 0.25) is 0 Å². The third-order valence-corrected chi connectivity index (χ3v) is 4.65. The average Bonchev–Trinajstić information content (AvgIpc) is 3.01. The molecule has 0 spiro atoms. The highest BCUT2D eigenvalue weighted by Crippen LogP contribution is 2.36. The predicted octanol–water partition coefficient (Wildman–Crippen LogP) is 3.28. The maximum Gasteiger partial charge on any atom is 0.227 e. The van der Waals surface area contributed by atoms with Crippen LogP contribution in [0.1, 0.15) is 69.5 Å². The van der Waals surface area contributed by atoms with E-state index in [1.165, 1.54) is 19.3 Å². The molecule has 0 aromatic carbocycles. The highest BCUT2D eigenvalue weighted by molar-refractivity contribution is 5.81. The lowest BCUT2D eigenvalue weighted by Crippen LogP contribution is -2.21. The Hall–Kier alpha value is -1.19. The van der Waals surface area contributed by atoms with E-state index < -0.39 is 0 Å². The van der Waals surface area contributed by atoms with Crippen molar-refractivity contribution in [2.45, 2.75) is 64.2 Å². The SMILES string of the molecule is CC1CCC(c2noc(CC3CCCCC3=O)n2)C1. The van der Waals surface area contributed by atoms with Gasteiger partial charge in [-0.15, -0.1) is 0 Å². The zero-order valence-corrected chi connectivity index (χ0v) is 11.6. The summed E-state index contributed by atoms with van der Waals surface area (Å²) in [4.78, 5) is 16.3. The smallest absolute Gasteiger partial charge is 0.227 e. The number of rotatable bonds is 3. The second-order valence-corrected chi connectivity index (χ2v) is 6.27. The fourth-order valence-electron chi connectivity index (χ4n) is 3.44. The normalized spacial score (nSPS) is 31.8. The quantitative estimate of drug-likeness (QED) is 0.838. The van der Waals surface area contributed by atoms with Crippen molar-refractivity contribution in [3.63, 3.8) is 0 Å². The summed E-state index contributed by atoms with van der Waals surface area (Å²) in [6.45, 7) is 2.28. The molecule has 19 heavy (non-hydrogen) atoms. The lowest BCUT2D eigenvalue weighted by Gasteiger charge is -2.18. The molecule has 104 valence electrons. The summed E-state index contributed by atoms with van der Waals surface area (Å²) in [5, 5.41) is 4.13. The Morgan fingerprint density at radius 3 is 2.89 bits per heavy atom. The van der Waals surface area contributed by atoms with Crippen LogP contribution >= 0.6 is 0 Å². The van der Waals surface area contributed by atoms with Crippen molar-refractivity contribution >= 4 is 5.78 Å². The van der Waals surface area contributed by atoms with Crippen molar-refractivity contribution in [3.8, 4) is 0 Å². The first-order valence-electron chi connectivity index (χ1n) is 7.57. The molecular formula is C15H22N2O2. The van der Waals surface area contributed by atoms with Gasteiger partial charge in [-0.3, -0.25) is 4.79 Å². The minimum Gasteiger partial charge on any atom is -0.339 e. The van der Waals surface area contributed by atoms with E-state index in [1.54, 1.807) is 0 Å². The second kappa shape index (κ2) is 5.43. The number of ketones is 1. The maximum atomic E-state index is 11.8. The Bertz CT molecular complexity index is 455. The first-order valence-corrected chi connectivity index (χ1v) is 7.57. The molecule has 3 rings (SSSR count). The molecule has 0 radical (unpaired) electrons. The van der Waals surface area contributed by atoms with E-state index in [0.717, 1.165) is 37.4 Å². The highest BCUT2D eigenvalue weighted by atomic mass is 16.5. The number of hydrogen-bond donors (Lipinski definition) is 0. The monoisotopic (exact) mass is 262 g/mol. The lowest BCUT2D eigenvalue weighted by molar-refractivity contribution is -0.124. The molecule has 4 heteroatoms. The Labute approximate surface area is 114 Å². The fourth-order valence-corrected chi connectivity index (χ4v) is 3.44. The number of carbonyl (C=O) groups excluding carboxylic acids is 1. The van der Waals surface area contributed by atoms with Gasteiger partial charge in [0, 0.05) is 24.7 Å². The largest absolute Gasteiger partial charge is 0.339 e. The van der Waals surface area contributed by atoms with Crippen LogP contribution in [-0.2, 0) is 11.2 Å². The molecule has 0 saturated heterocycles. The Morgan fingerprint density at radius 1 is 1.26 bits per heavy atom. The van der Waals surface area contributed by atoms with Gasteiger partial charge in [0.05, 0.1) is 0 Å². The van der Waals surface area contributed by atoms with Gasteiger partial charge in [-0.2, -0.15) is 4.98 Å². The van der Waals surface area contributed by atoms with Crippen molar-refractivity contribution in [2.24, 2.45) is 11.8 Å². The molecule has 2 saturated carbocycles. The van der Waals surface area contributed by atoms with Gasteiger partial charge in [0.15, 0.2) is 5.82 Å². The van der Waals surface area contributed by atoms with Crippen molar-refractivity contribution in [2.75, 3.05) is 0 Å². The molecule has 4 nitrogen and oxygen atoms in total. The minimum atomic E-state index is 0.115. The zero-order valence-electron chi connectivity index (χ0n) is 11.6. The van der Waals surface area contributed by atoms with Crippen molar-refractivity contribution < 1.29 is 9.32 Å². The van der Waals surface area contributed by atoms with Crippen molar-refractivity contribution in [1.82, 2.24) is 10.1 Å². The number of Topliss-reactive ketones (excluding diaryl/α,β-unsaturated/α-hetero) is 1. The van der Waals surface area contributed by atoms with Crippen molar-refractivity contribution in [3.05, 3.63) is 11.7 Å². The summed E-state index contributed by atoms with van der Waals surface area (Å²) in [6.07, 6.45) is 8.15. The minimum absolute atomic E-state index is 0.115. The summed E-state index contributed by atoms with van der Waals surface area (Å²) in [5.41, 5.74) is 0. The first-order chi connectivity index (χ1) is 9.22. The third-order valence-electron chi connectivity index (χ3n) is 4.65. The number of nitrogens with zero attached hydrogens (tertiary/aromatic N) is 2. The molecule has 0 N–H and O–H groups in total. The first kappa shape index (κ1) is 12.8. The van der Waals surface area contributed by atoms with Crippen LogP contribution in [0.4, 0.5) is 0 Å². The average molecular weight is 262 g/mol. The van der Waals surface area contributed by atoms with Crippen LogP contribution in [0.3, 0.4) is 0 Å². The summed E-state index contributed by atoms with van der Waals surface area (Å²) >= 11 is 0. The molecule has 3 unspecified atom stereocenters. The van der Waals surface area contributed by atoms with E-state index in [1.807, 2.05) is 0 Å². The maximum absolute atomic E-state index is 11.8. The van der Waals surface area contributed by atoms with Crippen LogP contribution in [-0.4, -0.2) is 15.9 Å². The summed E-state index contributed by atoms with van der Waals surface area (Å²) in [6, 6.07) is 0. The molecule has 0 aliphatic heterocycles. The standard InChI is InChI=1S/C15H22N2O2/c1-10-6-7-12(8-10)15-16-14(19-17-15)9-11-4-2-3-5-13(11)18/h10-12H,2-9H2,1H3. The number of carbonyl (C=O) groups is 1. The van der Waals surface area contributed by atoms with Crippen LogP contribution in [0.25, 0.3) is 0 Å². The Kier molecular flexibility index (Phi) is 3.67. The van der Waals surface area contributed by atoms with Gasteiger partial charge >= 0.3 is 0 Å². The molecule has 3 atom stereocenters. The summed E-state index contributed by atoms with van der Waals surface area (Å²) in [5.74, 6) is 3.25. The van der Waals surface area contributed by atoms with E-state index in [0.29, 0.717) is 24.0 Å². The van der Waals surface area contributed by atoms with Gasteiger partial charge in [0.2, 0.25) is 5.89 Å². The summed E-state index contributed by atoms with van der Waals surface area (Å²) < 4.78 is 5.35. The zero-order chi connectivity index (χ0) is 13.2. The fraction of sp³-hybridized carbons (Fsp3) is 0.800. The third kappa shape index (κ3) is 2.88. The molecule has 2 aliphatic carbocycles. The molecule has 1 heterocycles. The van der Waals surface area contributed by atoms with Crippen LogP contribution in [0.5, 0.6) is 0 Å². The van der Waals surface area contributed by atoms with E-state index >= 15 is 0 Å². The van der Waals surface area contributed by atoms with Gasteiger partial charge in [-0.1, -0.05) is 18.5 Å². The van der Waals surface area contributed by atoms with Crippen LogP contribution in [0.15, 0.2) is 4.52 Å². The van der Waals surface area contributed by atoms with Gasteiger partial charge in [0.25, 0.3) is 0 Å². The Balaban J connectivity index is 1.63. The molecule has 2 fully saturated rings. The van der Waals surface area contributed by atoms with E-state index in [4.69, 9.17) is 4.52 Å². The predicted molar refractivity (Wildman–Crippen MR) is 70.7 cm³/mol. The summed E-state index contributed by atoms with van der Waals surface area (Å²) in [7, 11) is 0. The topological polar surface area (TPSA) is 56.0 Å². The van der Waals surface area contributed by atoms with Crippen LogP contribution < -0.4 is 0 Å². The highest BCUT2D eigenvalue weighted by Gasteiger charge is 2.28. The molecule has 1 aromatic rings. The van der Waals surface area contributed by atoms with E-state index in [2.05, 4.69) is 17.1 Å². The molecule has 0 amide bonds. The van der Waals surface area contributed by atoms with Gasteiger partial charge < -0.3 is 4.52 Å². The second-order valence-electron chi connectivity index (χ2n) is 6.27. The van der Waals surface area contributed by atoms with Gasteiger partial charge in [-0.25, -0.2) is 0 Å². The van der Waals surface area contributed by atoms with Gasteiger partial charge in [0.1, 0.15) is 5.78 Å². The lowest BCUT2D eigenvalue weighted by atomic mass is 9.86. The molecule has 2 aliphatic rings. The van der Waals surface area contributed by atoms with E-state index in [9.17, 15) is 4.79 Å². The Morgan fingerprint density at radius 2 is 2.16 bits per heavy atom. The number of hydrogen-bond acceptors (Lipinski definition) is 4. The molecular weight excluding hydrogens is 240 g/mol. The molecule has 1 aromatic heterocycles. The number of aromatic nitrogens is 2. The van der Waals surface area contributed by atoms with E-state index in [-0.39, 0.29) is 5.92 Å². The van der Waals surface area contributed by atoms with Crippen LogP contribution in [0, 0.1) is 11.8 Å². The van der Waals surface area contributed by atoms with Crippen molar-refractivity contribution in [1.29, 1.82) is 0 Å².